The first-order chi connectivity index (χ1) is 8.61. The molecule has 1 saturated heterocycles. The first kappa shape index (κ1) is 13.2. The molecule has 6 nitrogen and oxygen atoms in total. The molecule has 0 bridgehead atoms. The van der Waals surface area contributed by atoms with E-state index >= 15 is 0 Å². The van der Waals surface area contributed by atoms with Gasteiger partial charge < -0.3 is 9.64 Å². The van der Waals surface area contributed by atoms with E-state index in [1.807, 2.05) is 4.90 Å². The third-order valence-electron chi connectivity index (χ3n) is 3.02. The zero-order valence-corrected chi connectivity index (χ0v) is 11.6. The Balaban J connectivity index is 2.29. The Kier molecular flexibility index (Phi) is 4.13. The van der Waals surface area contributed by atoms with Crippen LogP contribution < -0.4 is 4.90 Å². The molecule has 0 N–H and O–H groups in total. The number of anilines is 1. The number of nitro groups is 1. The molecule has 0 spiro atoms. The molecule has 1 aliphatic heterocycles. The van der Waals surface area contributed by atoms with Gasteiger partial charge in [0, 0.05) is 36.9 Å². The number of ether oxygens (including phenoxy) is 1. The highest BCUT2D eigenvalue weighted by Crippen LogP contribution is 2.30. The molecule has 1 aromatic rings. The lowest BCUT2D eigenvalue weighted by Gasteiger charge is -2.32. The van der Waals surface area contributed by atoms with Gasteiger partial charge in [0.05, 0.1) is 11.0 Å². The Hall–Kier alpha value is -1.21. The molecule has 0 amide bonds. The van der Waals surface area contributed by atoms with Crippen molar-refractivity contribution in [3.05, 3.63) is 26.9 Å². The summed E-state index contributed by atoms with van der Waals surface area (Å²) in [5, 5.41) is 11.1. The average molecular weight is 316 g/mol. The summed E-state index contributed by atoms with van der Waals surface area (Å²) in [4.78, 5) is 16.7. The second kappa shape index (κ2) is 5.62. The van der Waals surface area contributed by atoms with Gasteiger partial charge in [0.25, 0.3) is 0 Å². The van der Waals surface area contributed by atoms with Gasteiger partial charge in [-0.05, 0) is 28.8 Å². The van der Waals surface area contributed by atoms with Gasteiger partial charge in [-0.2, -0.15) is 0 Å². The molecular formula is C11H14BrN3O3. The van der Waals surface area contributed by atoms with Gasteiger partial charge in [0.2, 0.25) is 5.82 Å². The lowest BCUT2D eigenvalue weighted by molar-refractivity contribution is -0.384. The van der Waals surface area contributed by atoms with Crippen molar-refractivity contribution >= 4 is 27.4 Å². The van der Waals surface area contributed by atoms with Crippen molar-refractivity contribution in [3.8, 4) is 0 Å². The Morgan fingerprint density at radius 3 is 3.11 bits per heavy atom. The predicted molar refractivity (Wildman–Crippen MR) is 70.8 cm³/mol. The molecule has 2 heterocycles. The summed E-state index contributed by atoms with van der Waals surface area (Å²) in [5.41, 5.74) is 0.0288. The van der Waals surface area contributed by atoms with E-state index in [9.17, 15) is 10.1 Å². The number of rotatable bonds is 3. The topological polar surface area (TPSA) is 68.5 Å². The van der Waals surface area contributed by atoms with Crippen molar-refractivity contribution in [2.24, 2.45) is 0 Å². The molecule has 98 valence electrons. The standard InChI is InChI=1S/C11H14BrN3O3/c1-18-9-3-2-4-14(7-9)11-10(15(16)17)5-8(12)6-13-11/h5-6,9H,2-4,7H2,1H3. The first-order valence-corrected chi connectivity index (χ1v) is 6.49. The van der Waals surface area contributed by atoms with Gasteiger partial charge in [-0.3, -0.25) is 10.1 Å². The highest BCUT2D eigenvalue weighted by atomic mass is 79.9. The van der Waals surface area contributed by atoms with E-state index in [0.717, 1.165) is 19.4 Å². The van der Waals surface area contributed by atoms with E-state index in [2.05, 4.69) is 20.9 Å². The maximum absolute atomic E-state index is 11.1. The number of methoxy groups -OCH3 is 1. The van der Waals surface area contributed by atoms with Gasteiger partial charge in [-0.25, -0.2) is 4.98 Å². The summed E-state index contributed by atoms with van der Waals surface area (Å²) in [7, 11) is 1.66. The van der Waals surface area contributed by atoms with E-state index in [1.54, 1.807) is 13.3 Å². The van der Waals surface area contributed by atoms with Crippen LogP contribution in [0.4, 0.5) is 11.5 Å². The predicted octanol–water partition coefficient (Wildman–Crippen LogP) is 2.37. The fraction of sp³-hybridized carbons (Fsp3) is 0.545. The van der Waals surface area contributed by atoms with E-state index < -0.39 is 4.92 Å². The summed E-state index contributed by atoms with van der Waals surface area (Å²) < 4.78 is 5.93. The molecule has 1 unspecified atom stereocenters. The third-order valence-corrected chi connectivity index (χ3v) is 3.46. The number of hydrogen-bond acceptors (Lipinski definition) is 5. The number of hydrogen-bond donors (Lipinski definition) is 0. The Morgan fingerprint density at radius 2 is 2.44 bits per heavy atom. The summed E-state index contributed by atoms with van der Waals surface area (Å²) in [6.45, 7) is 1.42. The minimum atomic E-state index is -0.399. The van der Waals surface area contributed by atoms with Gasteiger partial charge in [0.1, 0.15) is 0 Å². The average Bonchev–Trinajstić information content (AvgIpc) is 2.38. The van der Waals surface area contributed by atoms with E-state index in [0.29, 0.717) is 16.8 Å². The summed E-state index contributed by atoms with van der Waals surface area (Å²) in [5.74, 6) is 0.421. The lowest BCUT2D eigenvalue weighted by Crippen LogP contribution is -2.40. The molecular weight excluding hydrogens is 302 g/mol. The van der Waals surface area contributed by atoms with Crippen molar-refractivity contribution in [1.29, 1.82) is 0 Å². The Morgan fingerprint density at radius 1 is 1.67 bits per heavy atom. The maximum atomic E-state index is 11.1. The molecule has 0 aliphatic carbocycles. The quantitative estimate of drug-likeness (QED) is 0.632. The molecule has 0 aromatic carbocycles. The van der Waals surface area contributed by atoms with Crippen LogP contribution in [0.15, 0.2) is 16.7 Å². The third kappa shape index (κ3) is 2.78. The largest absolute Gasteiger partial charge is 0.380 e. The van der Waals surface area contributed by atoms with Crippen molar-refractivity contribution in [2.45, 2.75) is 18.9 Å². The molecule has 1 fully saturated rings. The molecule has 7 heteroatoms. The fourth-order valence-electron chi connectivity index (χ4n) is 2.12. The molecule has 2 rings (SSSR count). The smallest absolute Gasteiger partial charge is 0.312 e. The van der Waals surface area contributed by atoms with Crippen LogP contribution in [0.5, 0.6) is 0 Å². The number of halogens is 1. The van der Waals surface area contributed by atoms with Crippen LogP contribution in [0, 0.1) is 10.1 Å². The molecule has 0 saturated carbocycles. The second-order valence-corrected chi connectivity index (χ2v) is 5.12. The highest BCUT2D eigenvalue weighted by molar-refractivity contribution is 9.10. The van der Waals surface area contributed by atoms with E-state index in [-0.39, 0.29) is 11.8 Å². The zero-order chi connectivity index (χ0) is 13.1. The van der Waals surface area contributed by atoms with Gasteiger partial charge in [-0.15, -0.1) is 0 Å². The SMILES string of the molecule is COC1CCCN(c2ncc(Br)cc2[N+](=O)[O-])C1. The number of nitrogens with zero attached hydrogens (tertiary/aromatic N) is 3. The molecule has 18 heavy (non-hydrogen) atoms. The maximum Gasteiger partial charge on any atom is 0.312 e. The first-order valence-electron chi connectivity index (χ1n) is 5.69. The van der Waals surface area contributed by atoms with Gasteiger partial charge in [0.15, 0.2) is 0 Å². The van der Waals surface area contributed by atoms with Crippen LogP contribution >= 0.6 is 15.9 Å². The molecule has 1 aliphatic rings. The van der Waals surface area contributed by atoms with Gasteiger partial charge in [-0.1, -0.05) is 0 Å². The zero-order valence-electron chi connectivity index (χ0n) is 10.0. The highest BCUT2D eigenvalue weighted by Gasteiger charge is 2.26. The normalized spacial score (nSPS) is 19.9. The minimum Gasteiger partial charge on any atom is -0.380 e. The van der Waals surface area contributed by atoms with Crippen molar-refractivity contribution in [2.75, 3.05) is 25.1 Å². The summed E-state index contributed by atoms with van der Waals surface area (Å²) in [6, 6.07) is 1.48. The number of piperidine rings is 1. The second-order valence-electron chi connectivity index (χ2n) is 4.20. The molecule has 1 aromatic heterocycles. The van der Waals surface area contributed by atoms with E-state index in [4.69, 9.17) is 4.74 Å². The van der Waals surface area contributed by atoms with Crippen molar-refractivity contribution in [1.82, 2.24) is 4.98 Å². The van der Waals surface area contributed by atoms with Crippen molar-refractivity contribution < 1.29 is 9.66 Å². The monoisotopic (exact) mass is 315 g/mol. The molecule has 1 atom stereocenters. The van der Waals surface area contributed by atoms with Crippen LogP contribution in [0.25, 0.3) is 0 Å². The molecule has 0 radical (unpaired) electrons. The lowest BCUT2D eigenvalue weighted by atomic mass is 10.1. The fourth-order valence-corrected chi connectivity index (χ4v) is 2.44. The summed E-state index contributed by atoms with van der Waals surface area (Å²) >= 11 is 3.20. The number of pyridine rings is 1. The van der Waals surface area contributed by atoms with Crippen LogP contribution in [0.1, 0.15) is 12.8 Å². The van der Waals surface area contributed by atoms with Crippen molar-refractivity contribution in [3.63, 3.8) is 0 Å². The van der Waals surface area contributed by atoms with E-state index in [1.165, 1.54) is 6.07 Å². The summed E-state index contributed by atoms with van der Waals surface area (Å²) in [6.07, 6.45) is 3.63. The van der Waals surface area contributed by atoms with Crippen LogP contribution in [0.2, 0.25) is 0 Å². The number of aromatic nitrogens is 1. The van der Waals surface area contributed by atoms with Crippen LogP contribution in [-0.2, 0) is 4.74 Å². The minimum absolute atomic E-state index is 0.0288. The van der Waals surface area contributed by atoms with Gasteiger partial charge >= 0.3 is 5.69 Å². The Labute approximate surface area is 113 Å². The van der Waals surface area contributed by atoms with Crippen LogP contribution in [-0.4, -0.2) is 36.2 Å². The van der Waals surface area contributed by atoms with Crippen LogP contribution in [0.3, 0.4) is 0 Å². The Bertz CT molecular complexity index is 455.